The van der Waals surface area contributed by atoms with E-state index in [2.05, 4.69) is 10.2 Å². The van der Waals surface area contributed by atoms with Crippen molar-refractivity contribution in [3.05, 3.63) is 82.2 Å². The molecule has 1 heterocycles. The molecule has 0 saturated heterocycles. The van der Waals surface area contributed by atoms with E-state index in [1.165, 1.54) is 6.92 Å². The van der Waals surface area contributed by atoms with Gasteiger partial charge in [-0.15, -0.1) is 0 Å². The number of H-pyrrole nitrogens is 1. The first kappa shape index (κ1) is 18.4. The Bertz CT molecular complexity index is 957. The number of hydrogen-bond acceptors (Lipinski definition) is 4. The lowest BCUT2D eigenvalue weighted by atomic mass is 10.0. The smallest absolute Gasteiger partial charge is 0.252 e. The largest absolute Gasteiger partial charge is 0.508 e. The number of carbonyl (C=O) groups is 2. The summed E-state index contributed by atoms with van der Waals surface area (Å²) in [6.07, 6.45) is 1.71. The summed E-state index contributed by atoms with van der Waals surface area (Å²) < 4.78 is 0. The molecule has 0 aliphatic carbocycles. The third-order valence-corrected chi connectivity index (χ3v) is 4.49. The second kappa shape index (κ2) is 7.86. The molecule has 0 spiro atoms. The van der Waals surface area contributed by atoms with Gasteiger partial charge in [-0.25, -0.2) is 0 Å². The van der Waals surface area contributed by atoms with Gasteiger partial charge in [-0.05, 0) is 43.0 Å². The number of primary amides is 1. The van der Waals surface area contributed by atoms with E-state index in [0.717, 1.165) is 11.1 Å². The SMILES string of the molecule is CC(=O)c1ccc(Cc2[nH]nc(CCc3ccc(O)cc3)c2C(N)=O)cc1. The second-order valence-corrected chi connectivity index (χ2v) is 6.48. The van der Waals surface area contributed by atoms with Crippen molar-refractivity contribution in [3.63, 3.8) is 0 Å². The van der Waals surface area contributed by atoms with Gasteiger partial charge in [-0.3, -0.25) is 14.7 Å². The van der Waals surface area contributed by atoms with Gasteiger partial charge in [0.1, 0.15) is 5.75 Å². The van der Waals surface area contributed by atoms with Crippen LogP contribution in [0.3, 0.4) is 0 Å². The second-order valence-electron chi connectivity index (χ2n) is 6.48. The number of carbonyl (C=O) groups excluding carboxylic acids is 2. The number of phenolic OH excluding ortho intramolecular Hbond substituents is 1. The van der Waals surface area contributed by atoms with Crippen LogP contribution in [0.25, 0.3) is 0 Å². The third-order valence-electron chi connectivity index (χ3n) is 4.49. The zero-order chi connectivity index (χ0) is 19.4. The molecule has 1 aromatic heterocycles. The number of nitrogens with one attached hydrogen (secondary N) is 1. The molecule has 6 heteroatoms. The van der Waals surface area contributed by atoms with Crippen molar-refractivity contribution < 1.29 is 14.7 Å². The molecule has 1 amide bonds. The summed E-state index contributed by atoms with van der Waals surface area (Å²) >= 11 is 0. The van der Waals surface area contributed by atoms with Crippen LogP contribution in [0.4, 0.5) is 0 Å². The molecule has 6 nitrogen and oxygen atoms in total. The average molecular weight is 363 g/mol. The monoisotopic (exact) mass is 363 g/mol. The Labute approximate surface area is 157 Å². The number of amides is 1. The van der Waals surface area contributed by atoms with Gasteiger partial charge in [0.25, 0.3) is 5.91 Å². The molecule has 0 aliphatic rings. The number of aromatic amines is 1. The van der Waals surface area contributed by atoms with Gasteiger partial charge in [0, 0.05) is 12.0 Å². The first-order valence-corrected chi connectivity index (χ1v) is 8.67. The zero-order valence-electron chi connectivity index (χ0n) is 15.0. The molecule has 138 valence electrons. The lowest BCUT2D eigenvalue weighted by Crippen LogP contribution is -2.15. The summed E-state index contributed by atoms with van der Waals surface area (Å²) in [5.74, 6) is -0.285. The minimum Gasteiger partial charge on any atom is -0.508 e. The Hall–Kier alpha value is -3.41. The fraction of sp³-hybridized carbons (Fsp3) is 0.190. The van der Waals surface area contributed by atoms with E-state index in [-0.39, 0.29) is 11.5 Å². The summed E-state index contributed by atoms with van der Waals surface area (Å²) in [5, 5.41) is 16.6. The molecule has 2 aromatic carbocycles. The molecule has 0 saturated carbocycles. The molecule has 0 bridgehead atoms. The van der Waals surface area contributed by atoms with E-state index in [9.17, 15) is 14.7 Å². The summed E-state index contributed by atoms with van der Waals surface area (Å²) in [4.78, 5) is 23.4. The van der Waals surface area contributed by atoms with Crippen LogP contribution >= 0.6 is 0 Å². The molecule has 3 aromatic rings. The number of ketones is 1. The van der Waals surface area contributed by atoms with Crippen molar-refractivity contribution in [2.75, 3.05) is 0 Å². The first-order chi connectivity index (χ1) is 12.9. The average Bonchev–Trinajstić information content (AvgIpc) is 3.04. The van der Waals surface area contributed by atoms with Crippen LogP contribution in [0.2, 0.25) is 0 Å². The number of aryl methyl sites for hydroxylation is 2. The Morgan fingerprint density at radius 2 is 1.63 bits per heavy atom. The van der Waals surface area contributed by atoms with Crippen molar-refractivity contribution >= 4 is 11.7 Å². The first-order valence-electron chi connectivity index (χ1n) is 8.67. The number of aromatic nitrogens is 2. The van der Waals surface area contributed by atoms with Crippen LogP contribution in [0.5, 0.6) is 5.75 Å². The summed E-state index contributed by atoms with van der Waals surface area (Å²) in [6.45, 7) is 1.52. The van der Waals surface area contributed by atoms with Crippen molar-refractivity contribution in [1.82, 2.24) is 10.2 Å². The standard InChI is InChI=1S/C21H21N3O3/c1-13(25)16-7-2-15(3-8-16)12-19-20(21(22)27)18(23-24-19)11-6-14-4-9-17(26)10-5-14/h2-5,7-10,26H,6,11-12H2,1H3,(H2,22,27)(H,23,24). The highest BCUT2D eigenvalue weighted by molar-refractivity contribution is 5.95. The summed E-state index contributed by atoms with van der Waals surface area (Å²) in [5.41, 5.74) is 9.94. The Morgan fingerprint density at radius 1 is 1.00 bits per heavy atom. The van der Waals surface area contributed by atoms with E-state index >= 15 is 0 Å². The van der Waals surface area contributed by atoms with Gasteiger partial charge in [0.05, 0.1) is 17.0 Å². The number of hydrogen-bond donors (Lipinski definition) is 3. The van der Waals surface area contributed by atoms with E-state index in [1.807, 2.05) is 24.3 Å². The van der Waals surface area contributed by atoms with Gasteiger partial charge >= 0.3 is 0 Å². The van der Waals surface area contributed by atoms with Gasteiger partial charge < -0.3 is 10.8 Å². The molecule has 0 aliphatic heterocycles. The number of Topliss-reactive ketones (excluding diaryl/α,β-unsaturated/α-hetero) is 1. The van der Waals surface area contributed by atoms with Crippen LogP contribution in [0, 0.1) is 0 Å². The highest BCUT2D eigenvalue weighted by Gasteiger charge is 2.18. The van der Waals surface area contributed by atoms with Gasteiger partial charge in [-0.2, -0.15) is 5.10 Å². The quantitative estimate of drug-likeness (QED) is 0.561. The number of aromatic hydroxyl groups is 1. The maximum Gasteiger partial charge on any atom is 0.252 e. The molecular formula is C21H21N3O3. The highest BCUT2D eigenvalue weighted by Crippen LogP contribution is 2.19. The lowest BCUT2D eigenvalue weighted by Gasteiger charge is -2.04. The molecule has 27 heavy (non-hydrogen) atoms. The number of phenols is 1. The molecule has 0 fully saturated rings. The summed E-state index contributed by atoms with van der Waals surface area (Å²) in [6, 6.07) is 14.2. The Balaban J connectivity index is 1.77. The Morgan fingerprint density at radius 3 is 2.22 bits per heavy atom. The van der Waals surface area contributed by atoms with Crippen LogP contribution in [-0.2, 0) is 19.3 Å². The topological polar surface area (TPSA) is 109 Å². The molecule has 3 rings (SSSR count). The summed E-state index contributed by atoms with van der Waals surface area (Å²) in [7, 11) is 0. The van der Waals surface area contributed by atoms with Gasteiger partial charge in [0.15, 0.2) is 5.78 Å². The third kappa shape index (κ3) is 4.41. The van der Waals surface area contributed by atoms with Gasteiger partial charge in [0.2, 0.25) is 0 Å². The van der Waals surface area contributed by atoms with Crippen molar-refractivity contribution in [1.29, 1.82) is 0 Å². The molecular weight excluding hydrogens is 342 g/mol. The minimum atomic E-state index is -0.514. The number of benzene rings is 2. The maximum absolute atomic E-state index is 12.0. The number of nitrogens with two attached hydrogens (primary N) is 1. The molecule has 0 atom stereocenters. The van der Waals surface area contributed by atoms with E-state index in [1.54, 1.807) is 24.3 Å². The minimum absolute atomic E-state index is 0.0115. The van der Waals surface area contributed by atoms with Crippen molar-refractivity contribution in [2.45, 2.75) is 26.2 Å². The van der Waals surface area contributed by atoms with Crippen LogP contribution < -0.4 is 5.73 Å². The van der Waals surface area contributed by atoms with E-state index in [4.69, 9.17) is 5.73 Å². The van der Waals surface area contributed by atoms with Crippen molar-refractivity contribution in [2.24, 2.45) is 5.73 Å². The number of nitrogens with zero attached hydrogens (tertiary/aromatic N) is 1. The number of rotatable bonds is 7. The van der Waals surface area contributed by atoms with Crippen LogP contribution in [0.15, 0.2) is 48.5 Å². The van der Waals surface area contributed by atoms with Gasteiger partial charge in [-0.1, -0.05) is 36.4 Å². The normalized spacial score (nSPS) is 10.7. The lowest BCUT2D eigenvalue weighted by molar-refractivity contribution is 0.0995. The van der Waals surface area contributed by atoms with E-state index in [0.29, 0.717) is 41.8 Å². The fourth-order valence-corrected chi connectivity index (χ4v) is 3.01. The molecule has 0 radical (unpaired) electrons. The zero-order valence-corrected chi connectivity index (χ0v) is 15.0. The van der Waals surface area contributed by atoms with Crippen molar-refractivity contribution in [3.8, 4) is 5.75 Å². The van der Waals surface area contributed by atoms with Crippen LogP contribution in [-0.4, -0.2) is 27.0 Å². The predicted molar refractivity (Wildman–Crippen MR) is 102 cm³/mol. The molecule has 4 N–H and O–H groups in total. The predicted octanol–water partition coefficient (Wildman–Crippen LogP) is 2.79. The van der Waals surface area contributed by atoms with E-state index < -0.39 is 5.91 Å². The highest BCUT2D eigenvalue weighted by atomic mass is 16.3. The molecule has 0 unspecified atom stereocenters. The Kier molecular flexibility index (Phi) is 5.35. The maximum atomic E-state index is 12.0. The van der Waals surface area contributed by atoms with Crippen LogP contribution in [0.1, 0.15) is 50.2 Å². The fourth-order valence-electron chi connectivity index (χ4n) is 3.01.